The minimum Gasteiger partial charge on any atom is -0.309 e. The van der Waals surface area contributed by atoms with Gasteiger partial charge in [0.05, 0.1) is 5.52 Å². The van der Waals surface area contributed by atoms with Gasteiger partial charge in [-0.25, -0.2) is 0 Å². The summed E-state index contributed by atoms with van der Waals surface area (Å²) in [6, 6.07) is 51.9. The Labute approximate surface area is 244 Å². The molecule has 0 spiro atoms. The zero-order chi connectivity index (χ0) is 28.1. The highest BCUT2D eigenvalue weighted by atomic mass is 31.2. The molecular weight excluding hydrogens is 529 g/mol. The van der Waals surface area contributed by atoms with Crippen molar-refractivity contribution in [2.45, 2.75) is 0 Å². The van der Waals surface area contributed by atoms with Gasteiger partial charge in [-0.05, 0) is 56.3 Å². The van der Waals surface area contributed by atoms with Crippen LogP contribution in [0, 0.1) is 0 Å². The molecule has 2 nitrogen and oxygen atoms in total. The largest absolute Gasteiger partial charge is 0.309 e. The predicted octanol–water partition coefficient (Wildman–Crippen LogP) is 9.00. The van der Waals surface area contributed by atoms with Crippen LogP contribution in [0.25, 0.3) is 54.3 Å². The highest BCUT2D eigenvalue weighted by molar-refractivity contribution is 7.85. The molecule has 0 saturated heterocycles. The van der Waals surface area contributed by atoms with Crippen molar-refractivity contribution in [3.63, 3.8) is 0 Å². The molecule has 1 atom stereocenters. The fourth-order valence-corrected chi connectivity index (χ4v) is 8.93. The highest BCUT2D eigenvalue weighted by Gasteiger charge is 2.30. The lowest BCUT2D eigenvalue weighted by Gasteiger charge is -2.21. The summed E-state index contributed by atoms with van der Waals surface area (Å²) in [6.07, 6.45) is 1.86. The van der Waals surface area contributed by atoms with Crippen LogP contribution in [0.5, 0.6) is 0 Å². The SMILES string of the molecule is O=P(c1ccccc1)(c1ccc(-c2cc3c4ccccc4ccc3c3ncccc23)cc1)c1ccc2ccccc2c1. The summed E-state index contributed by atoms with van der Waals surface area (Å²) in [5.41, 5.74) is 3.18. The second-order valence-electron chi connectivity index (χ2n) is 10.7. The highest BCUT2D eigenvalue weighted by Crippen LogP contribution is 2.44. The van der Waals surface area contributed by atoms with Crippen LogP contribution in [-0.2, 0) is 4.57 Å². The minimum atomic E-state index is -3.12. The summed E-state index contributed by atoms with van der Waals surface area (Å²) >= 11 is 0. The number of hydrogen-bond acceptors (Lipinski definition) is 2. The summed E-state index contributed by atoms with van der Waals surface area (Å²) < 4.78 is 15.2. The van der Waals surface area contributed by atoms with Crippen LogP contribution in [0.15, 0.2) is 158 Å². The first kappa shape index (κ1) is 24.7. The molecular formula is C39H26NOP. The molecule has 0 radical (unpaired) electrons. The maximum absolute atomic E-state index is 15.2. The Bertz CT molecular complexity index is 2320. The zero-order valence-corrected chi connectivity index (χ0v) is 23.7. The molecule has 0 aliphatic heterocycles. The standard InChI is InChI=1S/C39H26NOP/c41-42(31-12-2-1-3-13-31,33-22-16-27-9-4-5-11-30(27)25-33)32-20-17-29(18-21-32)37-26-38-34-14-7-6-10-28(34)19-23-36(38)39-35(37)15-8-24-40-39/h1-26H. The van der Waals surface area contributed by atoms with Crippen LogP contribution in [-0.4, -0.2) is 4.98 Å². The van der Waals surface area contributed by atoms with E-state index in [0.717, 1.165) is 54.1 Å². The number of pyridine rings is 1. The first-order chi connectivity index (χ1) is 20.7. The van der Waals surface area contributed by atoms with E-state index in [1.807, 2.05) is 72.9 Å². The van der Waals surface area contributed by atoms with Crippen LogP contribution in [0.1, 0.15) is 0 Å². The van der Waals surface area contributed by atoms with Crippen molar-refractivity contribution in [1.29, 1.82) is 0 Å². The Morgan fingerprint density at radius 2 is 1.07 bits per heavy atom. The van der Waals surface area contributed by atoms with Crippen molar-refractivity contribution in [3.8, 4) is 11.1 Å². The fourth-order valence-electron chi connectivity index (χ4n) is 6.26. The van der Waals surface area contributed by atoms with Gasteiger partial charge in [-0.15, -0.1) is 0 Å². The molecule has 0 saturated carbocycles. The van der Waals surface area contributed by atoms with Crippen LogP contribution in [0.2, 0.25) is 0 Å². The summed E-state index contributed by atoms with van der Waals surface area (Å²) in [4.78, 5) is 4.82. The van der Waals surface area contributed by atoms with Crippen molar-refractivity contribution >= 4 is 66.3 Å². The van der Waals surface area contributed by atoms with Gasteiger partial charge in [0, 0.05) is 32.9 Å². The molecule has 0 amide bonds. The topological polar surface area (TPSA) is 30.0 Å². The first-order valence-corrected chi connectivity index (χ1v) is 15.9. The molecule has 0 aliphatic rings. The second-order valence-corrected chi connectivity index (χ2v) is 13.5. The van der Waals surface area contributed by atoms with E-state index in [0.29, 0.717) is 0 Å². The molecule has 0 fully saturated rings. The molecule has 42 heavy (non-hydrogen) atoms. The quantitative estimate of drug-likeness (QED) is 0.160. The molecule has 0 bridgehead atoms. The maximum Gasteiger partial charge on any atom is 0.171 e. The third kappa shape index (κ3) is 3.88. The van der Waals surface area contributed by atoms with Gasteiger partial charge >= 0.3 is 0 Å². The third-order valence-electron chi connectivity index (χ3n) is 8.37. The van der Waals surface area contributed by atoms with E-state index in [9.17, 15) is 0 Å². The third-order valence-corrected chi connectivity index (χ3v) is 11.4. The van der Waals surface area contributed by atoms with Crippen LogP contribution in [0.3, 0.4) is 0 Å². The minimum absolute atomic E-state index is 0.821. The van der Waals surface area contributed by atoms with Gasteiger partial charge in [0.15, 0.2) is 7.14 Å². The lowest BCUT2D eigenvalue weighted by atomic mass is 9.93. The zero-order valence-electron chi connectivity index (χ0n) is 22.8. The van der Waals surface area contributed by atoms with Gasteiger partial charge in [-0.1, -0.05) is 133 Å². The molecule has 1 aromatic heterocycles. The van der Waals surface area contributed by atoms with Crippen molar-refractivity contribution in [2.75, 3.05) is 0 Å². The van der Waals surface area contributed by atoms with Gasteiger partial charge in [-0.2, -0.15) is 0 Å². The van der Waals surface area contributed by atoms with E-state index in [2.05, 4.69) is 84.9 Å². The average Bonchev–Trinajstić information content (AvgIpc) is 3.07. The Balaban J connectivity index is 1.33. The molecule has 8 aromatic rings. The lowest BCUT2D eigenvalue weighted by Crippen LogP contribution is -2.25. The molecule has 198 valence electrons. The summed E-state index contributed by atoms with van der Waals surface area (Å²) in [7, 11) is -3.12. The van der Waals surface area contributed by atoms with Crippen LogP contribution < -0.4 is 15.9 Å². The van der Waals surface area contributed by atoms with E-state index < -0.39 is 7.14 Å². The van der Waals surface area contributed by atoms with Crippen molar-refractivity contribution in [3.05, 3.63) is 158 Å². The molecule has 8 rings (SSSR count). The van der Waals surface area contributed by atoms with E-state index in [1.165, 1.54) is 16.2 Å². The Hall–Kier alpha value is -5.04. The lowest BCUT2D eigenvalue weighted by molar-refractivity contribution is 0.592. The number of aromatic nitrogens is 1. The Morgan fingerprint density at radius 3 is 1.90 bits per heavy atom. The van der Waals surface area contributed by atoms with Crippen molar-refractivity contribution in [1.82, 2.24) is 4.98 Å². The maximum atomic E-state index is 15.2. The molecule has 0 N–H and O–H groups in total. The normalized spacial score (nSPS) is 13.0. The van der Waals surface area contributed by atoms with E-state index >= 15 is 4.57 Å². The van der Waals surface area contributed by atoms with Crippen LogP contribution in [0.4, 0.5) is 0 Å². The predicted molar refractivity (Wildman–Crippen MR) is 179 cm³/mol. The number of hydrogen-bond donors (Lipinski definition) is 0. The number of rotatable bonds is 4. The van der Waals surface area contributed by atoms with Gasteiger partial charge in [0.1, 0.15) is 0 Å². The number of benzene rings is 7. The van der Waals surface area contributed by atoms with Crippen molar-refractivity contribution < 1.29 is 4.57 Å². The Kier molecular flexibility index (Phi) is 5.77. The van der Waals surface area contributed by atoms with Gasteiger partial charge in [0.2, 0.25) is 0 Å². The van der Waals surface area contributed by atoms with E-state index in [-0.39, 0.29) is 0 Å². The summed E-state index contributed by atoms with van der Waals surface area (Å²) in [5.74, 6) is 0. The number of fused-ring (bicyclic) bond motifs is 6. The first-order valence-electron chi connectivity index (χ1n) is 14.2. The fraction of sp³-hybridized carbons (Fsp3) is 0. The van der Waals surface area contributed by atoms with E-state index in [1.54, 1.807) is 0 Å². The molecule has 1 heterocycles. The van der Waals surface area contributed by atoms with Gasteiger partial charge in [-0.3, -0.25) is 4.98 Å². The number of nitrogens with zero attached hydrogens (tertiary/aromatic N) is 1. The molecule has 0 aliphatic carbocycles. The molecule has 1 unspecified atom stereocenters. The molecule has 3 heteroatoms. The summed E-state index contributed by atoms with van der Waals surface area (Å²) in [5, 5.41) is 10.6. The van der Waals surface area contributed by atoms with E-state index in [4.69, 9.17) is 4.98 Å². The van der Waals surface area contributed by atoms with Gasteiger partial charge in [0.25, 0.3) is 0 Å². The molecule has 7 aromatic carbocycles. The van der Waals surface area contributed by atoms with Crippen LogP contribution >= 0.6 is 7.14 Å². The average molecular weight is 556 g/mol. The second kappa shape index (κ2) is 9.80. The Morgan fingerprint density at radius 1 is 0.429 bits per heavy atom. The monoisotopic (exact) mass is 555 g/mol. The van der Waals surface area contributed by atoms with Crippen molar-refractivity contribution in [2.24, 2.45) is 0 Å². The van der Waals surface area contributed by atoms with Gasteiger partial charge < -0.3 is 4.57 Å². The summed E-state index contributed by atoms with van der Waals surface area (Å²) in [6.45, 7) is 0. The smallest absolute Gasteiger partial charge is 0.171 e.